The summed E-state index contributed by atoms with van der Waals surface area (Å²) in [4.78, 5) is 16.4. The third kappa shape index (κ3) is 4.92. The van der Waals surface area contributed by atoms with Crippen LogP contribution < -0.4 is 15.8 Å². The first-order valence-corrected chi connectivity index (χ1v) is 10.4. The first-order valence-electron chi connectivity index (χ1n) is 10.1. The van der Waals surface area contributed by atoms with E-state index < -0.39 is 35.2 Å². The third-order valence-electron chi connectivity index (χ3n) is 5.08. The number of pyridine rings is 1. The Kier molecular flexibility index (Phi) is 6.62. The van der Waals surface area contributed by atoms with Crippen LogP contribution >= 0.6 is 11.6 Å². The van der Waals surface area contributed by atoms with Gasteiger partial charge in [0.05, 0.1) is 24.4 Å². The lowest BCUT2D eigenvalue weighted by Gasteiger charge is -2.25. The quantitative estimate of drug-likeness (QED) is 0.475. The van der Waals surface area contributed by atoms with Gasteiger partial charge in [-0.1, -0.05) is 11.6 Å². The molecule has 2 aromatic heterocycles. The summed E-state index contributed by atoms with van der Waals surface area (Å²) in [5.74, 6) is -2.18. The highest BCUT2D eigenvalue weighted by Gasteiger charge is 2.42. The Hall–Kier alpha value is -3.38. The number of nitrogens with one attached hydrogen (secondary N) is 1. The van der Waals surface area contributed by atoms with Crippen LogP contribution in [0.25, 0.3) is 0 Å². The minimum absolute atomic E-state index is 0.00994. The van der Waals surface area contributed by atoms with E-state index in [-0.39, 0.29) is 34.6 Å². The van der Waals surface area contributed by atoms with Crippen LogP contribution in [-0.4, -0.2) is 33.9 Å². The number of nitrogens with zero attached hydrogens (tertiary/aromatic N) is 3. The van der Waals surface area contributed by atoms with Crippen LogP contribution in [-0.2, 0) is 10.9 Å². The normalized spacial score (nSPS) is 16.3. The summed E-state index contributed by atoms with van der Waals surface area (Å²) in [7, 11) is 0. The van der Waals surface area contributed by atoms with Gasteiger partial charge in [-0.15, -0.1) is 0 Å². The molecule has 3 heterocycles. The number of aromatic nitrogens is 3. The van der Waals surface area contributed by atoms with Gasteiger partial charge >= 0.3 is 6.18 Å². The number of ether oxygens (including phenoxy) is 2. The summed E-state index contributed by atoms with van der Waals surface area (Å²) in [5, 5.41) is 6.05. The third-order valence-corrected chi connectivity index (χ3v) is 5.46. The van der Waals surface area contributed by atoms with Crippen LogP contribution in [0, 0.1) is 5.82 Å². The lowest BCUT2D eigenvalue weighted by atomic mass is 10.1. The Morgan fingerprint density at radius 1 is 1.29 bits per heavy atom. The monoisotopic (exact) mass is 499 g/mol. The van der Waals surface area contributed by atoms with Gasteiger partial charge in [-0.2, -0.15) is 18.3 Å². The van der Waals surface area contributed by atoms with Crippen LogP contribution in [0.4, 0.5) is 29.1 Å². The minimum Gasteiger partial charge on any atom is -0.453 e. The first-order chi connectivity index (χ1) is 16.1. The maximum absolute atomic E-state index is 14.6. The van der Waals surface area contributed by atoms with E-state index in [0.717, 1.165) is 16.9 Å². The Bertz CT molecular complexity index is 1210. The molecule has 0 bridgehead atoms. The molecule has 8 nitrogen and oxygen atoms in total. The van der Waals surface area contributed by atoms with Crippen molar-refractivity contribution in [2.24, 2.45) is 0 Å². The summed E-state index contributed by atoms with van der Waals surface area (Å²) < 4.78 is 67.4. The molecule has 1 unspecified atom stereocenters. The van der Waals surface area contributed by atoms with Crippen molar-refractivity contribution >= 4 is 29.0 Å². The molecule has 1 aromatic carbocycles. The lowest BCUT2D eigenvalue weighted by Crippen LogP contribution is -2.28. The maximum Gasteiger partial charge on any atom is 0.433 e. The number of carbonyl (C=O) groups is 1. The second-order valence-corrected chi connectivity index (χ2v) is 7.81. The number of amides is 1. The van der Waals surface area contributed by atoms with Gasteiger partial charge in [0.1, 0.15) is 10.8 Å². The molecule has 1 amide bonds. The van der Waals surface area contributed by atoms with Crippen LogP contribution in [0.15, 0.2) is 36.7 Å². The zero-order valence-electron chi connectivity index (χ0n) is 17.4. The fourth-order valence-electron chi connectivity index (χ4n) is 3.50. The molecule has 1 atom stereocenters. The molecular weight excluding hydrogens is 482 g/mol. The van der Waals surface area contributed by atoms with E-state index >= 15 is 0 Å². The average molecular weight is 500 g/mol. The Morgan fingerprint density at radius 2 is 2.09 bits per heavy atom. The molecule has 4 rings (SSSR count). The summed E-state index contributed by atoms with van der Waals surface area (Å²) in [6, 6.07) is 4.09. The average Bonchev–Trinajstić information content (AvgIpc) is 3.25. The largest absolute Gasteiger partial charge is 0.453 e. The molecular formula is C21H18ClF4N5O3. The number of hydrogen-bond acceptors (Lipinski definition) is 6. The Labute approximate surface area is 195 Å². The fourth-order valence-corrected chi connectivity index (χ4v) is 3.65. The van der Waals surface area contributed by atoms with Crippen molar-refractivity contribution in [1.29, 1.82) is 0 Å². The first kappa shape index (κ1) is 23.8. The molecule has 0 radical (unpaired) electrons. The zero-order chi connectivity index (χ0) is 24.5. The van der Waals surface area contributed by atoms with Gasteiger partial charge in [0.25, 0.3) is 5.91 Å². The molecule has 180 valence electrons. The van der Waals surface area contributed by atoms with E-state index in [1.165, 1.54) is 24.4 Å². The molecule has 1 saturated heterocycles. The number of rotatable bonds is 5. The number of halogens is 5. The van der Waals surface area contributed by atoms with Crippen molar-refractivity contribution in [3.05, 3.63) is 58.8 Å². The molecule has 0 aliphatic carbocycles. The summed E-state index contributed by atoms with van der Waals surface area (Å²) in [6.07, 6.45) is -1.66. The zero-order valence-corrected chi connectivity index (χ0v) is 18.2. The lowest BCUT2D eigenvalue weighted by molar-refractivity contribution is -0.146. The highest BCUT2D eigenvalue weighted by atomic mass is 35.5. The maximum atomic E-state index is 14.6. The number of anilines is 2. The predicted molar refractivity (Wildman–Crippen MR) is 114 cm³/mol. The van der Waals surface area contributed by atoms with Gasteiger partial charge in [0.2, 0.25) is 0 Å². The van der Waals surface area contributed by atoms with E-state index in [1.807, 2.05) is 0 Å². The highest BCUT2D eigenvalue weighted by Crippen LogP contribution is 2.36. The molecule has 13 heteroatoms. The SMILES string of the molecule is Nc1nccc(Oc2ccc(NC(=O)c3cnn(C4CCCOC4)c3C(F)(F)F)cc2F)c1Cl. The second-order valence-electron chi connectivity index (χ2n) is 7.43. The number of carbonyl (C=O) groups excluding carboxylic acids is 1. The summed E-state index contributed by atoms with van der Waals surface area (Å²) in [5.41, 5.74) is 3.62. The van der Waals surface area contributed by atoms with E-state index in [1.54, 1.807) is 0 Å². The van der Waals surface area contributed by atoms with E-state index in [4.69, 9.17) is 26.8 Å². The standard InChI is InChI=1S/C21H18ClF4N5O3/c22-17-16(5-6-28-19(17)27)34-15-4-3-11(8-14(15)23)30-20(32)13-9-29-31(18(13)21(24,25)26)12-2-1-7-33-10-12/h3-6,8-9,12H,1-2,7,10H2,(H2,27,28)(H,30,32). The molecule has 1 aliphatic rings. The number of hydrogen-bond donors (Lipinski definition) is 2. The van der Waals surface area contributed by atoms with Crippen molar-refractivity contribution in [1.82, 2.24) is 14.8 Å². The van der Waals surface area contributed by atoms with Crippen LogP contribution in [0.1, 0.15) is 34.9 Å². The van der Waals surface area contributed by atoms with Crippen molar-refractivity contribution in [2.75, 3.05) is 24.3 Å². The van der Waals surface area contributed by atoms with Gasteiger partial charge in [0.15, 0.2) is 23.0 Å². The van der Waals surface area contributed by atoms with Gasteiger partial charge in [-0.05, 0) is 25.0 Å². The van der Waals surface area contributed by atoms with Gasteiger partial charge < -0.3 is 20.5 Å². The van der Waals surface area contributed by atoms with Crippen molar-refractivity contribution in [3.63, 3.8) is 0 Å². The van der Waals surface area contributed by atoms with Gasteiger partial charge in [-0.25, -0.2) is 9.37 Å². The van der Waals surface area contributed by atoms with Crippen LogP contribution in [0.5, 0.6) is 11.5 Å². The van der Waals surface area contributed by atoms with Gasteiger partial charge in [-0.3, -0.25) is 9.48 Å². The van der Waals surface area contributed by atoms with Crippen LogP contribution in [0.2, 0.25) is 5.02 Å². The number of nitrogen functional groups attached to an aromatic ring is 1. The summed E-state index contributed by atoms with van der Waals surface area (Å²) in [6.45, 7) is 0.518. The fraction of sp³-hybridized carbons (Fsp3) is 0.286. The molecule has 0 spiro atoms. The predicted octanol–water partition coefficient (Wildman–Crippen LogP) is 5.07. The number of benzene rings is 1. The Morgan fingerprint density at radius 3 is 2.76 bits per heavy atom. The molecule has 3 aromatic rings. The topological polar surface area (TPSA) is 104 Å². The number of alkyl halides is 3. The highest BCUT2D eigenvalue weighted by molar-refractivity contribution is 6.34. The summed E-state index contributed by atoms with van der Waals surface area (Å²) >= 11 is 5.97. The van der Waals surface area contributed by atoms with Crippen molar-refractivity contribution in [3.8, 4) is 11.5 Å². The molecule has 0 saturated carbocycles. The molecule has 34 heavy (non-hydrogen) atoms. The van der Waals surface area contributed by atoms with Crippen LogP contribution in [0.3, 0.4) is 0 Å². The minimum atomic E-state index is -4.84. The smallest absolute Gasteiger partial charge is 0.433 e. The number of nitrogens with two attached hydrogens (primary N) is 1. The van der Waals surface area contributed by atoms with E-state index in [2.05, 4.69) is 15.4 Å². The van der Waals surface area contributed by atoms with Crippen molar-refractivity contribution in [2.45, 2.75) is 25.1 Å². The second kappa shape index (κ2) is 9.47. The molecule has 3 N–H and O–H groups in total. The molecule has 1 fully saturated rings. The van der Waals surface area contributed by atoms with Crippen molar-refractivity contribution < 1.29 is 31.8 Å². The van der Waals surface area contributed by atoms with E-state index in [9.17, 15) is 22.4 Å². The Balaban J connectivity index is 1.55. The molecule has 1 aliphatic heterocycles. The van der Waals surface area contributed by atoms with E-state index in [0.29, 0.717) is 19.4 Å². The van der Waals surface area contributed by atoms with Gasteiger partial charge in [0, 0.05) is 30.6 Å².